The smallest absolute Gasteiger partial charge is 0.320 e. The summed E-state index contributed by atoms with van der Waals surface area (Å²) < 4.78 is 0. The van der Waals surface area contributed by atoms with Crippen LogP contribution in [0.1, 0.15) is 32.6 Å². The van der Waals surface area contributed by atoms with Crippen molar-refractivity contribution in [3.05, 3.63) is 24.3 Å². The Balaban J connectivity index is 2.08. The van der Waals surface area contributed by atoms with Crippen LogP contribution in [0.4, 0.5) is 16.2 Å². The number of benzene rings is 1. The topological polar surface area (TPSA) is 55.9 Å². The van der Waals surface area contributed by atoms with E-state index in [1.54, 1.807) is 11.9 Å². The largest absolute Gasteiger partial charge is 0.322 e. The Morgan fingerprint density at radius 2 is 1.80 bits per heavy atom. The normalized spacial score (nSPS) is 14.6. The van der Waals surface area contributed by atoms with Gasteiger partial charge in [-0.1, -0.05) is 18.9 Å². The number of likely N-dealkylation sites (N-methyl/N-ethyl adjacent to an activating group) is 1. The van der Waals surface area contributed by atoms with E-state index in [1.165, 1.54) is 19.8 Å². The molecule has 1 saturated carbocycles. The highest BCUT2D eigenvalue weighted by atomic mass is 16.2. The molecule has 1 aliphatic rings. The standard InChI is InChI=1S/C19H30N4O2/c1-15(24)22(4)18-11-7-8-16(14-18)20-19(25)23(13-12-21(2)3)17-9-5-6-10-17/h7-8,11,14,17H,5-6,9-10,12-13H2,1-4H3,(H,20,25). The molecular formula is C19H30N4O2. The van der Waals surface area contributed by atoms with E-state index < -0.39 is 0 Å². The van der Waals surface area contributed by atoms with Crippen LogP contribution in [0.3, 0.4) is 0 Å². The molecular weight excluding hydrogens is 316 g/mol. The summed E-state index contributed by atoms with van der Waals surface area (Å²) in [5.74, 6) is -0.0398. The van der Waals surface area contributed by atoms with E-state index >= 15 is 0 Å². The van der Waals surface area contributed by atoms with Crippen LogP contribution in [0.25, 0.3) is 0 Å². The first-order valence-electron chi connectivity index (χ1n) is 8.95. The SMILES string of the molecule is CC(=O)N(C)c1cccc(NC(=O)N(CCN(C)C)C2CCCC2)c1. The van der Waals surface area contributed by atoms with Gasteiger partial charge in [0.15, 0.2) is 0 Å². The van der Waals surface area contributed by atoms with Gasteiger partial charge in [-0.05, 0) is 45.1 Å². The van der Waals surface area contributed by atoms with Crippen molar-refractivity contribution in [3.63, 3.8) is 0 Å². The Morgan fingerprint density at radius 3 is 2.40 bits per heavy atom. The van der Waals surface area contributed by atoms with E-state index in [1.807, 2.05) is 43.3 Å². The lowest BCUT2D eigenvalue weighted by Gasteiger charge is -2.30. The molecule has 0 unspecified atom stereocenters. The first-order valence-corrected chi connectivity index (χ1v) is 8.95. The van der Waals surface area contributed by atoms with Gasteiger partial charge in [0, 0.05) is 44.5 Å². The van der Waals surface area contributed by atoms with Crippen LogP contribution in [0.15, 0.2) is 24.3 Å². The second-order valence-corrected chi connectivity index (χ2v) is 6.99. The predicted octanol–water partition coefficient (Wildman–Crippen LogP) is 3.01. The molecule has 0 aliphatic heterocycles. The maximum atomic E-state index is 12.8. The Kier molecular flexibility index (Phi) is 6.82. The molecule has 138 valence electrons. The second-order valence-electron chi connectivity index (χ2n) is 6.99. The second kappa shape index (κ2) is 8.85. The first-order chi connectivity index (χ1) is 11.9. The van der Waals surface area contributed by atoms with Crippen LogP contribution in [-0.4, -0.2) is 62.0 Å². The highest BCUT2D eigenvalue weighted by Crippen LogP contribution is 2.25. The van der Waals surface area contributed by atoms with Gasteiger partial charge >= 0.3 is 6.03 Å². The van der Waals surface area contributed by atoms with E-state index in [4.69, 9.17) is 0 Å². The Bertz CT molecular complexity index is 597. The number of anilines is 2. The lowest BCUT2D eigenvalue weighted by Crippen LogP contribution is -2.44. The van der Waals surface area contributed by atoms with Crippen molar-refractivity contribution in [3.8, 4) is 0 Å². The zero-order valence-corrected chi connectivity index (χ0v) is 15.8. The molecule has 25 heavy (non-hydrogen) atoms. The number of rotatable bonds is 6. The Hall–Kier alpha value is -2.08. The fraction of sp³-hybridized carbons (Fsp3) is 0.579. The van der Waals surface area contributed by atoms with E-state index in [2.05, 4.69) is 10.2 Å². The summed E-state index contributed by atoms with van der Waals surface area (Å²) >= 11 is 0. The zero-order chi connectivity index (χ0) is 18.4. The van der Waals surface area contributed by atoms with Crippen molar-refractivity contribution in [1.82, 2.24) is 9.80 Å². The summed E-state index contributed by atoms with van der Waals surface area (Å²) in [7, 11) is 5.77. The molecule has 2 rings (SSSR count). The number of carbonyl (C=O) groups is 2. The van der Waals surface area contributed by atoms with E-state index in [0.29, 0.717) is 11.7 Å². The summed E-state index contributed by atoms with van der Waals surface area (Å²) in [4.78, 5) is 30.0. The molecule has 6 nitrogen and oxygen atoms in total. The maximum Gasteiger partial charge on any atom is 0.322 e. The predicted molar refractivity (Wildman–Crippen MR) is 102 cm³/mol. The van der Waals surface area contributed by atoms with Gasteiger partial charge in [0.25, 0.3) is 0 Å². The van der Waals surface area contributed by atoms with Gasteiger partial charge in [-0.15, -0.1) is 0 Å². The summed E-state index contributed by atoms with van der Waals surface area (Å²) in [5.41, 5.74) is 1.48. The molecule has 6 heteroatoms. The third kappa shape index (κ3) is 5.46. The number of nitrogens with zero attached hydrogens (tertiary/aromatic N) is 3. The average Bonchev–Trinajstić information content (AvgIpc) is 3.08. The number of hydrogen-bond acceptors (Lipinski definition) is 3. The molecule has 1 aromatic carbocycles. The van der Waals surface area contributed by atoms with Crippen LogP contribution >= 0.6 is 0 Å². The van der Waals surface area contributed by atoms with Gasteiger partial charge in [0.05, 0.1) is 0 Å². The molecule has 0 spiro atoms. The number of hydrogen-bond donors (Lipinski definition) is 1. The molecule has 0 radical (unpaired) electrons. The summed E-state index contributed by atoms with van der Waals surface area (Å²) in [6.07, 6.45) is 4.53. The summed E-state index contributed by atoms with van der Waals surface area (Å²) in [6, 6.07) is 7.66. The molecule has 1 fully saturated rings. The van der Waals surface area contributed by atoms with Crippen LogP contribution in [0, 0.1) is 0 Å². The lowest BCUT2D eigenvalue weighted by molar-refractivity contribution is -0.116. The molecule has 0 bridgehead atoms. The maximum absolute atomic E-state index is 12.8. The van der Waals surface area contributed by atoms with Gasteiger partial charge in [0.2, 0.25) is 5.91 Å². The number of nitrogens with one attached hydrogen (secondary N) is 1. The van der Waals surface area contributed by atoms with Crippen molar-refractivity contribution in [2.45, 2.75) is 38.6 Å². The summed E-state index contributed by atoms with van der Waals surface area (Å²) in [6.45, 7) is 3.09. The molecule has 1 N–H and O–H groups in total. The molecule has 0 aromatic heterocycles. The van der Waals surface area contributed by atoms with Gasteiger partial charge < -0.3 is 20.0 Å². The van der Waals surface area contributed by atoms with E-state index in [-0.39, 0.29) is 11.9 Å². The van der Waals surface area contributed by atoms with Crippen LogP contribution in [0.5, 0.6) is 0 Å². The third-order valence-corrected chi connectivity index (χ3v) is 4.77. The van der Waals surface area contributed by atoms with Crippen LogP contribution < -0.4 is 10.2 Å². The molecule has 0 heterocycles. The van der Waals surface area contributed by atoms with Crippen molar-refractivity contribution in [2.24, 2.45) is 0 Å². The lowest BCUT2D eigenvalue weighted by atomic mass is 10.2. The molecule has 0 atom stereocenters. The summed E-state index contributed by atoms with van der Waals surface area (Å²) in [5, 5.41) is 3.01. The van der Waals surface area contributed by atoms with Gasteiger partial charge in [-0.3, -0.25) is 4.79 Å². The fourth-order valence-corrected chi connectivity index (χ4v) is 3.14. The molecule has 1 aliphatic carbocycles. The van der Waals surface area contributed by atoms with E-state index in [0.717, 1.165) is 31.6 Å². The quantitative estimate of drug-likeness (QED) is 0.861. The average molecular weight is 346 g/mol. The van der Waals surface area contributed by atoms with Crippen molar-refractivity contribution < 1.29 is 9.59 Å². The first kappa shape index (κ1) is 19.2. The van der Waals surface area contributed by atoms with Crippen LogP contribution in [-0.2, 0) is 4.79 Å². The third-order valence-electron chi connectivity index (χ3n) is 4.77. The monoisotopic (exact) mass is 346 g/mol. The Morgan fingerprint density at radius 1 is 1.12 bits per heavy atom. The van der Waals surface area contributed by atoms with Gasteiger partial charge in [0.1, 0.15) is 0 Å². The fourth-order valence-electron chi connectivity index (χ4n) is 3.14. The van der Waals surface area contributed by atoms with E-state index in [9.17, 15) is 9.59 Å². The molecule has 0 saturated heterocycles. The number of urea groups is 1. The number of carbonyl (C=O) groups excluding carboxylic acids is 2. The van der Waals surface area contributed by atoms with Crippen molar-refractivity contribution in [1.29, 1.82) is 0 Å². The number of amides is 3. The van der Waals surface area contributed by atoms with Crippen molar-refractivity contribution in [2.75, 3.05) is 44.4 Å². The molecule has 3 amide bonds. The Labute approximate surface area is 150 Å². The minimum Gasteiger partial charge on any atom is -0.320 e. The minimum atomic E-state index is -0.0589. The highest BCUT2D eigenvalue weighted by molar-refractivity contribution is 5.93. The van der Waals surface area contributed by atoms with Crippen LogP contribution in [0.2, 0.25) is 0 Å². The van der Waals surface area contributed by atoms with Crippen molar-refractivity contribution >= 4 is 23.3 Å². The highest BCUT2D eigenvalue weighted by Gasteiger charge is 2.26. The van der Waals surface area contributed by atoms with Gasteiger partial charge in [-0.25, -0.2) is 4.79 Å². The zero-order valence-electron chi connectivity index (χ0n) is 15.8. The van der Waals surface area contributed by atoms with Gasteiger partial charge in [-0.2, -0.15) is 0 Å². The molecule has 1 aromatic rings. The minimum absolute atomic E-state index is 0.0398.